The SMILES string of the molecule is O=C1c2cc(Cl)ccc2S(=O)(=O)N1CCCCN1CCC2(CCc3ccccc32)CC1. The molecule has 0 saturated carbocycles. The first-order valence-electron chi connectivity index (χ1n) is 11.1. The number of benzene rings is 2. The van der Waals surface area contributed by atoms with Crippen LogP contribution in [0.5, 0.6) is 0 Å². The van der Waals surface area contributed by atoms with E-state index in [1.165, 1.54) is 49.4 Å². The third-order valence-electron chi connectivity index (χ3n) is 7.33. The Kier molecular flexibility index (Phi) is 5.35. The molecule has 0 radical (unpaired) electrons. The van der Waals surface area contributed by atoms with Gasteiger partial charge in [0.25, 0.3) is 15.9 Å². The number of likely N-dealkylation sites (tertiary alicyclic amines) is 1. The van der Waals surface area contributed by atoms with Crippen LogP contribution in [0, 0.1) is 0 Å². The van der Waals surface area contributed by atoms with E-state index in [-0.39, 0.29) is 17.0 Å². The number of amides is 1. The third kappa shape index (κ3) is 3.59. The molecule has 1 spiro atoms. The number of nitrogens with zero attached hydrogens (tertiary/aromatic N) is 2. The van der Waals surface area contributed by atoms with Crippen LogP contribution >= 0.6 is 11.6 Å². The highest BCUT2D eigenvalue weighted by Crippen LogP contribution is 2.46. The van der Waals surface area contributed by atoms with Crippen LogP contribution < -0.4 is 0 Å². The first-order valence-corrected chi connectivity index (χ1v) is 12.9. The normalized spacial score (nSPS) is 21.5. The van der Waals surface area contributed by atoms with Crippen molar-refractivity contribution in [3.05, 3.63) is 64.2 Å². The molecule has 164 valence electrons. The highest BCUT2D eigenvalue weighted by Gasteiger charge is 2.42. The van der Waals surface area contributed by atoms with Crippen molar-refractivity contribution < 1.29 is 13.2 Å². The van der Waals surface area contributed by atoms with E-state index in [9.17, 15) is 13.2 Å². The molecule has 3 aliphatic rings. The number of carbonyl (C=O) groups excluding carboxylic acids is 1. The lowest BCUT2D eigenvalue weighted by Gasteiger charge is -2.40. The molecular weight excluding hydrogens is 432 g/mol. The van der Waals surface area contributed by atoms with Gasteiger partial charge in [0.2, 0.25) is 0 Å². The fourth-order valence-corrected chi connectivity index (χ4v) is 7.32. The van der Waals surface area contributed by atoms with Gasteiger partial charge in [0, 0.05) is 11.6 Å². The molecule has 2 heterocycles. The topological polar surface area (TPSA) is 57.7 Å². The van der Waals surface area contributed by atoms with Gasteiger partial charge in [-0.05, 0) is 92.9 Å². The molecule has 0 atom stereocenters. The summed E-state index contributed by atoms with van der Waals surface area (Å²) < 4.78 is 26.4. The molecule has 1 saturated heterocycles. The largest absolute Gasteiger partial charge is 0.303 e. The summed E-state index contributed by atoms with van der Waals surface area (Å²) in [6.07, 6.45) is 6.39. The van der Waals surface area contributed by atoms with E-state index in [2.05, 4.69) is 29.2 Å². The second-order valence-corrected chi connectivity index (χ2v) is 11.3. The Morgan fingerprint density at radius 2 is 1.71 bits per heavy atom. The summed E-state index contributed by atoms with van der Waals surface area (Å²) in [6.45, 7) is 3.33. The highest BCUT2D eigenvalue weighted by molar-refractivity contribution is 7.90. The molecule has 1 aliphatic carbocycles. The predicted molar refractivity (Wildman–Crippen MR) is 121 cm³/mol. The molecule has 0 aromatic heterocycles. The monoisotopic (exact) mass is 458 g/mol. The summed E-state index contributed by atoms with van der Waals surface area (Å²) in [7, 11) is -3.75. The predicted octanol–water partition coefficient (Wildman–Crippen LogP) is 4.24. The number of rotatable bonds is 5. The lowest BCUT2D eigenvalue weighted by Crippen LogP contribution is -2.42. The van der Waals surface area contributed by atoms with Crippen LogP contribution in [-0.4, -0.2) is 49.7 Å². The number of piperidine rings is 1. The van der Waals surface area contributed by atoms with Crippen LogP contribution in [0.15, 0.2) is 47.4 Å². The molecule has 2 aromatic rings. The lowest BCUT2D eigenvalue weighted by molar-refractivity contribution is 0.0867. The molecule has 7 heteroatoms. The van der Waals surface area contributed by atoms with Crippen LogP contribution in [0.3, 0.4) is 0 Å². The molecule has 1 amide bonds. The fourth-order valence-electron chi connectivity index (χ4n) is 5.56. The summed E-state index contributed by atoms with van der Waals surface area (Å²) in [5.41, 5.74) is 3.63. The Labute approximate surface area is 189 Å². The van der Waals surface area contributed by atoms with Gasteiger partial charge in [-0.2, -0.15) is 0 Å². The van der Waals surface area contributed by atoms with Crippen molar-refractivity contribution in [1.29, 1.82) is 0 Å². The number of carbonyl (C=O) groups is 1. The maximum Gasteiger partial charge on any atom is 0.269 e. The van der Waals surface area contributed by atoms with E-state index in [0.29, 0.717) is 16.9 Å². The first kappa shape index (κ1) is 21.0. The quantitative estimate of drug-likeness (QED) is 0.628. The van der Waals surface area contributed by atoms with E-state index in [4.69, 9.17) is 11.6 Å². The maximum absolute atomic E-state index is 12.7. The number of aryl methyl sites for hydroxylation is 1. The smallest absolute Gasteiger partial charge is 0.269 e. The molecule has 0 N–H and O–H groups in total. The number of sulfonamides is 1. The van der Waals surface area contributed by atoms with Gasteiger partial charge in [0.15, 0.2) is 0 Å². The van der Waals surface area contributed by atoms with Crippen LogP contribution in [0.1, 0.15) is 53.6 Å². The Hall–Kier alpha value is -1.89. The molecule has 5 rings (SSSR count). The number of halogens is 1. The second-order valence-electron chi connectivity index (χ2n) is 9.01. The zero-order valence-electron chi connectivity index (χ0n) is 17.5. The molecule has 2 aromatic carbocycles. The minimum absolute atomic E-state index is 0.0695. The van der Waals surface area contributed by atoms with Gasteiger partial charge in [0.05, 0.1) is 5.56 Å². The minimum atomic E-state index is -3.75. The Balaban J connectivity index is 1.13. The zero-order chi connectivity index (χ0) is 21.6. The summed E-state index contributed by atoms with van der Waals surface area (Å²) in [4.78, 5) is 15.1. The number of fused-ring (bicyclic) bond motifs is 3. The van der Waals surface area contributed by atoms with Gasteiger partial charge in [-0.1, -0.05) is 35.9 Å². The van der Waals surface area contributed by atoms with E-state index >= 15 is 0 Å². The number of hydrogen-bond donors (Lipinski definition) is 0. The molecule has 2 aliphatic heterocycles. The summed E-state index contributed by atoms with van der Waals surface area (Å²) in [5.74, 6) is -0.461. The third-order valence-corrected chi connectivity index (χ3v) is 9.40. The Morgan fingerprint density at radius 3 is 2.52 bits per heavy atom. The van der Waals surface area contributed by atoms with Crippen molar-refractivity contribution in [1.82, 2.24) is 9.21 Å². The van der Waals surface area contributed by atoms with Gasteiger partial charge in [0.1, 0.15) is 4.90 Å². The summed E-state index contributed by atoms with van der Waals surface area (Å²) in [5, 5.41) is 0.372. The van der Waals surface area contributed by atoms with Crippen LogP contribution in [0.4, 0.5) is 0 Å². The molecule has 0 unspecified atom stereocenters. The Bertz CT molecular complexity index is 1120. The number of unbranched alkanes of at least 4 members (excludes halogenated alkanes) is 1. The highest BCUT2D eigenvalue weighted by atomic mass is 35.5. The van der Waals surface area contributed by atoms with Gasteiger partial charge in [-0.15, -0.1) is 0 Å². The maximum atomic E-state index is 12.7. The van der Waals surface area contributed by atoms with Crippen molar-refractivity contribution in [2.45, 2.75) is 48.8 Å². The van der Waals surface area contributed by atoms with E-state index in [1.807, 2.05) is 0 Å². The van der Waals surface area contributed by atoms with Crippen molar-refractivity contribution in [3.8, 4) is 0 Å². The standard InChI is InChI=1S/C24H27ClN2O3S/c25-19-7-8-22-20(17-19)23(28)27(31(22,29)30)14-4-3-13-26-15-11-24(12-16-26)10-9-18-5-1-2-6-21(18)24/h1-2,5-8,17H,3-4,9-16H2. The lowest BCUT2D eigenvalue weighted by atomic mass is 9.74. The Morgan fingerprint density at radius 1 is 0.968 bits per heavy atom. The van der Waals surface area contributed by atoms with Crippen molar-refractivity contribution >= 4 is 27.5 Å². The van der Waals surface area contributed by atoms with Crippen LogP contribution in [0.25, 0.3) is 0 Å². The van der Waals surface area contributed by atoms with E-state index in [0.717, 1.165) is 30.4 Å². The van der Waals surface area contributed by atoms with Crippen molar-refractivity contribution in [2.24, 2.45) is 0 Å². The van der Waals surface area contributed by atoms with Crippen LogP contribution in [0.2, 0.25) is 5.02 Å². The van der Waals surface area contributed by atoms with Gasteiger partial charge in [-0.25, -0.2) is 12.7 Å². The fraction of sp³-hybridized carbons (Fsp3) is 0.458. The van der Waals surface area contributed by atoms with Crippen LogP contribution in [-0.2, 0) is 21.9 Å². The molecule has 31 heavy (non-hydrogen) atoms. The van der Waals surface area contributed by atoms with E-state index < -0.39 is 15.9 Å². The molecular formula is C24H27ClN2O3S. The van der Waals surface area contributed by atoms with Crippen molar-refractivity contribution in [3.63, 3.8) is 0 Å². The molecule has 5 nitrogen and oxygen atoms in total. The average Bonchev–Trinajstić information content (AvgIpc) is 3.20. The summed E-state index contributed by atoms with van der Waals surface area (Å²) >= 11 is 5.94. The first-order chi connectivity index (χ1) is 14.9. The van der Waals surface area contributed by atoms with E-state index in [1.54, 1.807) is 5.56 Å². The number of hydrogen-bond acceptors (Lipinski definition) is 4. The molecule has 1 fully saturated rings. The van der Waals surface area contributed by atoms with Gasteiger partial charge < -0.3 is 4.90 Å². The van der Waals surface area contributed by atoms with Gasteiger partial charge >= 0.3 is 0 Å². The zero-order valence-corrected chi connectivity index (χ0v) is 19.1. The average molecular weight is 459 g/mol. The van der Waals surface area contributed by atoms with Gasteiger partial charge in [-0.3, -0.25) is 4.79 Å². The summed E-state index contributed by atoms with van der Waals surface area (Å²) in [6, 6.07) is 13.3. The second kappa shape index (κ2) is 7.91. The molecule has 0 bridgehead atoms. The minimum Gasteiger partial charge on any atom is -0.303 e. The van der Waals surface area contributed by atoms with Crippen molar-refractivity contribution in [2.75, 3.05) is 26.2 Å².